The minimum absolute atomic E-state index is 0.00637. The number of carbonyl (C=O) groups excluding carboxylic acids is 1. The van der Waals surface area contributed by atoms with Crippen LogP contribution in [0.5, 0.6) is 5.75 Å². The summed E-state index contributed by atoms with van der Waals surface area (Å²) in [6, 6.07) is 6.03. The van der Waals surface area contributed by atoms with Gasteiger partial charge in [0.1, 0.15) is 5.75 Å². The van der Waals surface area contributed by atoms with E-state index in [2.05, 4.69) is 4.40 Å². The molecule has 0 saturated heterocycles. The van der Waals surface area contributed by atoms with Crippen LogP contribution in [0.1, 0.15) is 20.8 Å². The second-order valence-corrected chi connectivity index (χ2v) is 7.18. The van der Waals surface area contributed by atoms with Gasteiger partial charge >= 0.3 is 0 Å². The fourth-order valence-corrected chi connectivity index (χ4v) is 3.16. The highest BCUT2D eigenvalue weighted by molar-refractivity contribution is 7.90. The summed E-state index contributed by atoms with van der Waals surface area (Å²) in [5.74, 6) is 0.445. The number of rotatable bonds is 4. The molecule has 0 radical (unpaired) electrons. The molecule has 5 nitrogen and oxygen atoms in total. The molecule has 1 aromatic carbocycles. The van der Waals surface area contributed by atoms with Crippen LogP contribution in [-0.2, 0) is 14.8 Å². The van der Waals surface area contributed by atoms with Crippen LogP contribution in [0.4, 0.5) is 0 Å². The number of allylic oxidation sites excluding steroid dienone is 4. The standard InChI is InChI=1S/C17H19NO4S/c1-11(2)15-10-17(19)12(3)9-16(15)18-23(20,21)14-7-5-13(22-4)6-8-14/h5-11H,1-4H3/b18-16+. The number of carbonyl (C=O) groups is 1. The Morgan fingerprint density at radius 3 is 2.22 bits per heavy atom. The van der Waals surface area contributed by atoms with E-state index in [0.717, 1.165) is 0 Å². The van der Waals surface area contributed by atoms with E-state index in [1.807, 2.05) is 13.8 Å². The second-order valence-electron chi connectivity index (χ2n) is 5.57. The lowest BCUT2D eigenvalue weighted by atomic mass is 9.90. The average Bonchev–Trinajstić information content (AvgIpc) is 2.50. The van der Waals surface area contributed by atoms with Crippen LogP contribution in [0.25, 0.3) is 0 Å². The van der Waals surface area contributed by atoms with Crippen LogP contribution in [0.3, 0.4) is 0 Å². The molecule has 0 atom stereocenters. The lowest BCUT2D eigenvalue weighted by molar-refractivity contribution is -0.111. The van der Waals surface area contributed by atoms with Crippen molar-refractivity contribution in [3.05, 3.63) is 47.6 Å². The molecular formula is C17H19NO4S. The maximum absolute atomic E-state index is 12.5. The number of ketones is 1. The molecule has 1 aromatic rings. The number of benzene rings is 1. The van der Waals surface area contributed by atoms with Crippen molar-refractivity contribution in [1.29, 1.82) is 0 Å². The van der Waals surface area contributed by atoms with E-state index in [0.29, 0.717) is 22.6 Å². The predicted octanol–water partition coefficient (Wildman–Crippen LogP) is 2.94. The Kier molecular flexibility index (Phi) is 4.85. The van der Waals surface area contributed by atoms with E-state index >= 15 is 0 Å². The van der Waals surface area contributed by atoms with Crippen molar-refractivity contribution in [3.63, 3.8) is 0 Å². The van der Waals surface area contributed by atoms with Crippen LogP contribution in [0.2, 0.25) is 0 Å². The summed E-state index contributed by atoms with van der Waals surface area (Å²) in [7, 11) is -2.35. The zero-order valence-electron chi connectivity index (χ0n) is 13.5. The Morgan fingerprint density at radius 1 is 1.09 bits per heavy atom. The Balaban J connectivity index is 2.48. The summed E-state index contributed by atoms with van der Waals surface area (Å²) >= 11 is 0. The Bertz CT molecular complexity index is 813. The first-order valence-corrected chi connectivity index (χ1v) is 8.62. The monoisotopic (exact) mass is 333 g/mol. The number of hydrogen-bond donors (Lipinski definition) is 0. The van der Waals surface area contributed by atoms with E-state index < -0.39 is 10.0 Å². The van der Waals surface area contributed by atoms with Crippen molar-refractivity contribution in [3.8, 4) is 5.75 Å². The van der Waals surface area contributed by atoms with Gasteiger partial charge in [0.2, 0.25) is 0 Å². The highest BCUT2D eigenvalue weighted by Gasteiger charge is 2.22. The quantitative estimate of drug-likeness (QED) is 0.794. The number of sulfonamides is 1. The molecule has 0 saturated carbocycles. The van der Waals surface area contributed by atoms with Gasteiger partial charge in [0, 0.05) is 0 Å². The minimum atomic E-state index is -3.86. The fraction of sp³-hybridized carbons (Fsp3) is 0.294. The summed E-state index contributed by atoms with van der Waals surface area (Å²) < 4.78 is 33.9. The molecule has 6 heteroatoms. The van der Waals surface area contributed by atoms with Crippen molar-refractivity contribution in [2.24, 2.45) is 10.3 Å². The van der Waals surface area contributed by atoms with E-state index in [9.17, 15) is 13.2 Å². The summed E-state index contributed by atoms with van der Waals surface area (Å²) in [4.78, 5) is 11.9. The fourth-order valence-electron chi connectivity index (χ4n) is 2.16. The average molecular weight is 333 g/mol. The van der Waals surface area contributed by atoms with Gasteiger partial charge in [-0.3, -0.25) is 4.79 Å². The van der Waals surface area contributed by atoms with Crippen LogP contribution in [0, 0.1) is 5.92 Å². The largest absolute Gasteiger partial charge is 0.497 e. The predicted molar refractivity (Wildman–Crippen MR) is 89.3 cm³/mol. The van der Waals surface area contributed by atoms with Gasteiger partial charge < -0.3 is 4.74 Å². The summed E-state index contributed by atoms with van der Waals surface area (Å²) in [5, 5.41) is 0. The molecule has 2 rings (SSSR count). The number of nitrogens with zero attached hydrogens (tertiary/aromatic N) is 1. The molecule has 0 unspecified atom stereocenters. The number of ether oxygens (including phenoxy) is 1. The molecule has 0 spiro atoms. The molecule has 122 valence electrons. The topological polar surface area (TPSA) is 72.8 Å². The first kappa shape index (κ1) is 17.1. The van der Waals surface area contributed by atoms with E-state index in [-0.39, 0.29) is 16.6 Å². The Labute approximate surface area is 136 Å². The molecule has 0 aromatic heterocycles. The normalized spacial score (nSPS) is 17.3. The third kappa shape index (κ3) is 3.76. The van der Waals surface area contributed by atoms with Crippen LogP contribution in [0.15, 0.2) is 56.9 Å². The van der Waals surface area contributed by atoms with Crippen molar-refractivity contribution in [1.82, 2.24) is 0 Å². The molecule has 0 aliphatic heterocycles. The zero-order valence-corrected chi connectivity index (χ0v) is 14.3. The number of methoxy groups -OCH3 is 1. The lowest BCUT2D eigenvalue weighted by Gasteiger charge is -2.16. The van der Waals surface area contributed by atoms with Gasteiger partial charge in [-0.1, -0.05) is 13.8 Å². The van der Waals surface area contributed by atoms with Crippen LogP contribution < -0.4 is 4.74 Å². The van der Waals surface area contributed by atoms with Gasteiger partial charge in [0.25, 0.3) is 10.0 Å². The summed E-state index contributed by atoms with van der Waals surface area (Å²) in [6.07, 6.45) is 2.99. The second kappa shape index (κ2) is 6.50. The molecule has 1 aliphatic rings. The Hall–Kier alpha value is -2.21. The molecule has 0 heterocycles. The van der Waals surface area contributed by atoms with Gasteiger partial charge in [0.05, 0.1) is 17.7 Å². The van der Waals surface area contributed by atoms with Crippen molar-refractivity contribution in [2.45, 2.75) is 25.7 Å². The minimum Gasteiger partial charge on any atom is -0.497 e. The maximum Gasteiger partial charge on any atom is 0.282 e. The lowest BCUT2D eigenvalue weighted by Crippen LogP contribution is -2.17. The van der Waals surface area contributed by atoms with Crippen molar-refractivity contribution in [2.75, 3.05) is 7.11 Å². The van der Waals surface area contributed by atoms with Crippen LogP contribution in [-0.4, -0.2) is 27.0 Å². The third-order valence-electron chi connectivity index (χ3n) is 3.52. The van der Waals surface area contributed by atoms with Gasteiger partial charge in [-0.15, -0.1) is 0 Å². The molecule has 0 N–H and O–H groups in total. The van der Waals surface area contributed by atoms with Crippen molar-refractivity contribution >= 4 is 21.5 Å². The molecule has 23 heavy (non-hydrogen) atoms. The summed E-state index contributed by atoms with van der Waals surface area (Å²) in [5.41, 5.74) is 1.41. The highest BCUT2D eigenvalue weighted by Crippen LogP contribution is 2.23. The van der Waals surface area contributed by atoms with Gasteiger partial charge in [-0.05, 0) is 60.4 Å². The van der Waals surface area contributed by atoms with Gasteiger partial charge in [-0.2, -0.15) is 12.8 Å². The highest BCUT2D eigenvalue weighted by atomic mass is 32.2. The smallest absolute Gasteiger partial charge is 0.282 e. The van der Waals surface area contributed by atoms with Crippen molar-refractivity contribution < 1.29 is 17.9 Å². The third-order valence-corrected chi connectivity index (χ3v) is 4.83. The zero-order chi connectivity index (χ0) is 17.2. The molecule has 0 bridgehead atoms. The van der Waals surface area contributed by atoms with Crippen LogP contribution >= 0.6 is 0 Å². The van der Waals surface area contributed by atoms with E-state index in [1.165, 1.54) is 31.4 Å². The first-order valence-electron chi connectivity index (χ1n) is 7.18. The maximum atomic E-state index is 12.5. The molecular weight excluding hydrogens is 314 g/mol. The summed E-state index contributed by atoms with van der Waals surface area (Å²) in [6.45, 7) is 5.43. The SMILES string of the molecule is COc1ccc(S(=O)(=O)/N=C2\C=C(C)C(=O)C=C2C(C)C)cc1. The molecule has 0 amide bonds. The first-order chi connectivity index (χ1) is 10.7. The van der Waals surface area contributed by atoms with Gasteiger partial charge in [-0.25, -0.2) is 0 Å². The van der Waals surface area contributed by atoms with E-state index in [4.69, 9.17) is 4.74 Å². The molecule has 1 aliphatic carbocycles. The Morgan fingerprint density at radius 2 is 1.70 bits per heavy atom. The number of hydrogen-bond acceptors (Lipinski definition) is 4. The van der Waals surface area contributed by atoms with E-state index in [1.54, 1.807) is 19.1 Å². The molecule has 0 fully saturated rings. The van der Waals surface area contributed by atoms with Gasteiger partial charge in [0.15, 0.2) is 5.78 Å².